The molecule has 3 amide bonds. The van der Waals surface area contributed by atoms with Crippen molar-refractivity contribution in [3.63, 3.8) is 0 Å². The maximum absolute atomic E-state index is 13.3. The average molecular weight is 463 g/mol. The molecule has 1 aromatic carbocycles. The monoisotopic (exact) mass is 462 g/mol. The number of amides is 3. The largest absolute Gasteiger partial charge is 0.460 e. The number of hydrogen-bond acceptors (Lipinski definition) is 5. The summed E-state index contributed by atoms with van der Waals surface area (Å²) in [6.07, 6.45) is 5.26. The molecule has 7 nitrogen and oxygen atoms in total. The van der Waals surface area contributed by atoms with E-state index in [0.29, 0.717) is 29.4 Å². The van der Waals surface area contributed by atoms with E-state index in [1.807, 2.05) is 6.07 Å². The average Bonchev–Trinajstić information content (AvgIpc) is 3.01. The number of nitrogens with zero attached hydrogens (tertiary/aromatic N) is 1. The second kappa shape index (κ2) is 7.82. The molecule has 0 bridgehead atoms. The normalized spacial score (nSPS) is 18.9. The van der Waals surface area contributed by atoms with Gasteiger partial charge in [0.1, 0.15) is 11.1 Å². The first-order valence-corrected chi connectivity index (χ1v) is 10.8. The van der Waals surface area contributed by atoms with Crippen LogP contribution in [0.15, 0.2) is 27.1 Å². The molecule has 1 aliphatic heterocycles. The molecule has 2 heterocycles. The van der Waals surface area contributed by atoms with Crippen molar-refractivity contribution in [2.24, 2.45) is 0 Å². The fourth-order valence-corrected chi connectivity index (χ4v) is 4.65. The Bertz CT molecular complexity index is 975. The molecule has 8 heteroatoms. The molecule has 2 fully saturated rings. The van der Waals surface area contributed by atoms with Gasteiger partial charge >= 0.3 is 12.0 Å². The van der Waals surface area contributed by atoms with Crippen molar-refractivity contribution in [3.05, 3.63) is 34.0 Å². The van der Waals surface area contributed by atoms with Gasteiger partial charge in [0.25, 0.3) is 5.91 Å². The maximum Gasteiger partial charge on any atom is 0.374 e. The number of esters is 1. The van der Waals surface area contributed by atoms with Crippen LogP contribution in [0, 0.1) is 0 Å². The molecule has 154 valence electrons. The molecule has 1 aromatic heterocycles. The lowest BCUT2D eigenvalue weighted by Crippen LogP contribution is -2.46. The highest BCUT2D eigenvalue weighted by molar-refractivity contribution is 9.10. The summed E-state index contributed by atoms with van der Waals surface area (Å²) in [5, 5.41) is 3.61. The Morgan fingerprint density at radius 1 is 1.24 bits per heavy atom. The van der Waals surface area contributed by atoms with Crippen molar-refractivity contribution in [3.8, 4) is 0 Å². The molecule has 0 unspecified atom stereocenters. The van der Waals surface area contributed by atoms with E-state index >= 15 is 0 Å². The van der Waals surface area contributed by atoms with Gasteiger partial charge in [-0.25, -0.2) is 9.59 Å². The van der Waals surface area contributed by atoms with Gasteiger partial charge in [-0.15, -0.1) is 0 Å². The van der Waals surface area contributed by atoms with Gasteiger partial charge in [0.2, 0.25) is 5.76 Å². The summed E-state index contributed by atoms with van der Waals surface area (Å²) in [5.74, 6) is -0.794. The number of fused-ring (bicyclic) bond motifs is 1. The minimum absolute atomic E-state index is 0.0300. The van der Waals surface area contributed by atoms with Crippen LogP contribution in [0.4, 0.5) is 4.79 Å². The van der Waals surface area contributed by atoms with Gasteiger partial charge in [-0.1, -0.05) is 41.6 Å². The number of ether oxygens (including phenoxy) is 1. The molecule has 1 spiro atoms. The summed E-state index contributed by atoms with van der Waals surface area (Å²) in [4.78, 5) is 39.7. The lowest BCUT2D eigenvalue weighted by atomic mass is 9.90. The topological polar surface area (TPSA) is 88.8 Å². The Labute approximate surface area is 176 Å². The van der Waals surface area contributed by atoms with Gasteiger partial charge in [-0.3, -0.25) is 9.69 Å². The Kier molecular flexibility index (Phi) is 5.38. The quantitative estimate of drug-likeness (QED) is 0.532. The van der Waals surface area contributed by atoms with Crippen LogP contribution in [0.1, 0.15) is 61.6 Å². The highest BCUT2D eigenvalue weighted by atomic mass is 79.9. The standard InChI is InChI=1S/C21H23BrN2O5/c1-2-28-18(25)17-15(14-11-13(22)7-8-16(14)29-17)12-24-19(26)21(23-20(24)27)9-5-3-4-6-10-21/h7-8,11H,2-6,9-10,12H2,1H3,(H,23,27). The Hall–Kier alpha value is -2.35. The van der Waals surface area contributed by atoms with Crippen LogP contribution in [0.5, 0.6) is 0 Å². The Morgan fingerprint density at radius 3 is 2.66 bits per heavy atom. The van der Waals surface area contributed by atoms with Crippen molar-refractivity contribution in [2.75, 3.05) is 6.61 Å². The van der Waals surface area contributed by atoms with E-state index in [2.05, 4.69) is 21.2 Å². The molecule has 1 saturated heterocycles. The van der Waals surface area contributed by atoms with Gasteiger partial charge in [-0.2, -0.15) is 0 Å². The van der Waals surface area contributed by atoms with Gasteiger partial charge in [0, 0.05) is 15.4 Å². The van der Waals surface area contributed by atoms with Gasteiger partial charge < -0.3 is 14.5 Å². The highest BCUT2D eigenvalue weighted by Gasteiger charge is 2.51. The van der Waals surface area contributed by atoms with Crippen molar-refractivity contribution < 1.29 is 23.5 Å². The number of hydrogen-bond donors (Lipinski definition) is 1. The number of imide groups is 1. The van der Waals surface area contributed by atoms with Crippen LogP contribution in [0.2, 0.25) is 0 Å². The number of carbonyl (C=O) groups excluding carboxylic acids is 3. The zero-order valence-corrected chi connectivity index (χ0v) is 17.8. The van der Waals surface area contributed by atoms with E-state index in [-0.39, 0.29) is 24.8 Å². The maximum atomic E-state index is 13.3. The summed E-state index contributed by atoms with van der Waals surface area (Å²) in [6, 6.07) is 4.94. The molecule has 1 N–H and O–H groups in total. The predicted octanol–water partition coefficient (Wildman–Crippen LogP) is 4.52. The molecule has 2 aliphatic rings. The van der Waals surface area contributed by atoms with Crippen LogP contribution in [-0.2, 0) is 16.1 Å². The van der Waals surface area contributed by atoms with Crippen molar-refractivity contribution in [2.45, 2.75) is 57.5 Å². The lowest BCUT2D eigenvalue weighted by molar-refractivity contribution is -0.132. The molecule has 4 rings (SSSR count). The molecule has 1 saturated carbocycles. The molecule has 29 heavy (non-hydrogen) atoms. The zero-order chi connectivity index (χ0) is 20.6. The SMILES string of the molecule is CCOC(=O)c1oc2ccc(Br)cc2c1CN1C(=O)NC2(CCCCCC2)C1=O. The van der Waals surface area contributed by atoms with Crippen molar-refractivity contribution in [1.82, 2.24) is 10.2 Å². The smallest absolute Gasteiger partial charge is 0.374 e. The first-order valence-electron chi connectivity index (χ1n) is 9.97. The molecule has 0 atom stereocenters. The third-order valence-corrected chi connectivity index (χ3v) is 6.23. The Balaban J connectivity index is 1.72. The number of nitrogens with one attached hydrogen (secondary N) is 1. The van der Waals surface area contributed by atoms with Crippen LogP contribution < -0.4 is 5.32 Å². The molecule has 0 radical (unpaired) electrons. The lowest BCUT2D eigenvalue weighted by Gasteiger charge is -2.24. The minimum Gasteiger partial charge on any atom is -0.460 e. The van der Waals surface area contributed by atoms with E-state index in [1.165, 1.54) is 4.90 Å². The zero-order valence-electron chi connectivity index (χ0n) is 16.3. The molecular weight excluding hydrogens is 440 g/mol. The summed E-state index contributed by atoms with van der Waals surface area (Å²) in [7, 11) is 0. The molecule has 2 aromatic rings. The predicted molar refractivity (Wildman–Crippen MR) is 109 cm³/mol. The first kappa shape index (κ1) is 19.9. The third-order valence-electron chi connectivity index (χ3n) is 5.73. The summed E-state index contributed by atoms with van der Waals surface area (Å²) < 4.78 is 11.7. The summed E-state index contributed by atoms with van der Waals surface area (Å²) >= 11 is 3.43. The molecular formula is C21H23BrN2O5. The first-order chi connectivity index (χ1) is 13.9. The van der Waals surface area contributed by atoms with Gasteiger partial charge in [-0.05, 0) is 38.0 Å². The Morgan fingerprint density at radius 2 is 1.97 bits per heavy atom. The van der Waals surface area contributed by atoms with Crippen LogP contribution in [0.3, 0.4) is 0 Å². The van der Waals surface area contributed by atoms with Gasteiger partial charge in [0.05, 0.1) is 13.2 Å². The van der Waals surface area contributed by atoms with E-state index in [4.69, 9.17) is 9.15 Å². The molecule has 1 aliphatic carbocycles. The summed E-state index contributed by atoms with van der Waals surface area (Å²) in [6.45, 7) is 1.87. The van der Waals surface area contributed by atoms with Crippen LogP contribution in [0.25, 0.3) is 11.0 Å². The number of halogens is 1. The fraction of sp³-hybridized carbons (Fsp3) is 0.476. The number of carbonyl (C=O) groups is 3. The summed E-state index contributed by atoms with van der Waals surface area (Å²) in [5.41, 5.74) is 0.161. The van der Waals surface area contributed by atoms with Gasteiger partial charge in [0.15, 0.2) is 0 Å². The van der Waals surface area contributed by atoms with E-state index in [0.717, 1.165) is 30.2 Å². The highest BCUT2D eigenvalue weighted by Crippen LogP contribution is 2.36. The van der Waals surface area contributed by atoms with Crippen LogP contribution >= 0.6 is 15.9 Å². The van der Waals surface area contributed by atoms with E-state index in [9.17, 15) is 14.4 Å². The number of furan rings is 1. The second-order valence-corrected chi connectivity index (χ2v) is 8.50. The second-order valence-electron chi connectivity index (χ2n) is 7.59. The minimum atomic E-state index is -0.822. The van der Waals surface area contributed by atoms with Crippen LogP contribution in [-0.4, -0.2) is 35.0 Å². The van der Waals surface area contributed by atoms with E-state index < -0.39 is 17.5 Å². The number of urea groups is 1. The fourth-order valence-electron chi connectivity index (χ4n) is 4.29. The van der Waals surface area contributed by atoms with Crippen molar-refractivity contribution in [1.29, 1.82) is 0 Å². The number of rotatable bonds is 4. The van der Waals surface area contributed by atoms with Crippen molar-refractivity contribution >= 4 is 44.8 Å². The van der Waals surface area contributed by atoms with E-state index in [1.54, 1.807) is 19.1 Å². The number of benzene rings is 1. The third kappa shape index (κ3) is 3.54.